The molecule has 0 radical (unpaired) electrons. The molecule has 1 aliphatic rings. The molecule has 1 aromatic rings. The lowest BCUT2D eigenvalue weighted by molar-refractivity contribution is -0.0626. The fourth-order valence-corrected chi connectivity index (χ4v) is 3.84. The van der Waals surface area contributed by atoms with Gasteiger partial charge in [0.25, 0.3) is 0 Å². The summed E-state index contributed by atoms with van der Waals surface area (Å²) in [5, 5.41) is 0.493. The van der Waals surface area contributed by atoms with E-state index in [1.165, 1.54) is 12.8 Å². The van der Waals surface area contributed by atoms with Gasteiger partial charge < -0.3 is 4.74 Å². The van der Waals surface area contributed by atoms with Gasteiger partial charge in [-0.3, -0.25) is 0 Å². The Morgan fingerprint density at radius 2 is 1.81 bits per heavy atom. The molecule has 1 heterocycles. The molecule has 1 aliphatic carbocycles. The maximum Gasteiger partial charge on any atom is 0.162 e. The van der Waals surface area contributed by atoms with E-state index in [4.69, 9.17) is 21.3 Å². The van der Waals surface area contributed by atoms with Crippen LogP contribution in [0.4, 0.5) is 0 Å². The van der Waals surface area contributed by atoms with Crippen LogP contribution in [0.2, 0.25) is 5.15 Å². The molecule has 0 amide bonds. The predicted molar refractivity (Wildman–Crippen MR) is 89.8 cm³/mol. The molecule has 1 saturated carbocycles. The van der Waals surface area contributed by atoms with E-state index in [2.05, 4.69) is 34.8 Å². The van der Waals surface area contributed by atoms with Gasteiger partial charge in [0, 0.05) is 6.61 Å². The molecule has 0 aromatic carbocycles. The van der Waals surface area contributed by atoms with Crippen LogP contribution in [-0.2, 0) is 10.3 Å². The van der Waals surface area contributed by atoms with Gasteiger partial charge in [0.05, 0.1) is 10.2 Å². The van der Waals surface area contributed by atoms with E-state index < -0.39 is 0 Å². The van der Waals surface area contributed by atoms with Crippen molar-refractivity contribution in [2.45, 2.75) is 70.8 Å². The van der Waals surface area contributed by atoms with Gasteiger partial charge in [-0.2, -0.15) is 0 Å². The molecule has 5 heteroatoms. The number of ether oxygens (including phenoxy) is 1. The molecular formula is C16H24BrClN2O. The topological polar surface area (TPSA) is 35.0 Å². The van der Waals surface area contributed by atoms with Crippen LogP contribution in [0.3, 0.4) is 0 Å². The fraction of sp³-hybridized carbons (Fsp3) is 0.750. The summed E-state index contributed by atoms with van der Waals surface area (Å²) < 4.78 is 6.98. The molecule has 0 aliphatic heterocycles. The van der Waals surface area contributed by atoms with Crippen molar-refractivity contribution >= 4 is 27.5 Å². The van der Waals surface area contributed by atoms with Crippen LogP contribution in [0, 0.1) is 0 Å². The van der Waals surface area contributed by atoms with Gasteiger partial charge in [-0.1, -0.05) is 51.1 Å². The monoisotopic (exact) mass is 374 g/mol. The van der Waals surface area contributed by atoms with E-state index >= 15 is 0 Å². The van der Waals surface area contributed by atoms with E-state index in [9.17, 15) is 0 Å². The Morgan fingerprint density at radius 1 is 1.19 bits per heavy atom. The van der Waals surface area contributed by atoms with Gasteiger partial charge in [-0.05, 0) is 41.6 Å². The maximum atomic E-state index is 6.33. The Hall–Kier alpha value is -0.190. The zero-order valence-corrected chi connectivity index (χ0v) is 15.4. The number of hydrogen-bond donors (Lipinski definition) is 0. The second-order valence-electron chi connectivity index (χ2n) is 6.03. The van der Waals surface area contributed by atoms with Crippen LogP contribution in [0.1, 0.15) is 76.7 Å². The molecule has 0 unspecified atom stereocenters. The Bertz CT molecular complexity index is 485. The number of nitrogens with zero attached hydrogens (tertiary/aromatic N) is 2. The average molecular weight is 376 g/mol. The zero-order valence-electron chi connectivity index (χ0n) is 13.1. The highest BCUT2D eigenvalue weighted by atomic mass is 79.9. The molecule has 0 saturated heterocycles. The van der Waals surface area contributed by atoms with E-state index in [1.807, 2.05) is 6.92 Å². The van der Waals surface area contributed by atoms with Crippen molar-refractivity contribution in [3.63, 3.8) is 0 Å². The van der Waals surface area contributed by atoms with E-state index in [-0.39, 0.29) is 5.60 Å². The van der Waals surface area contributed by atoms with Crippen LogP contribution in [0.5, 0.6) is 0 Å². The first-order valence-corrected chi connectivity index (χ1v) is 9.04. The third-order valence-electron chi connectivity index (χ3n) is 4.12. The van der Waals surface area contributed by atoms with Crippen molar-refractivity contribution in [2.24, 2.45) is 0 Å². The molecule has 0 N–H and O–H groups in total. The van der Waals surface area contributed by atoms with Crippen molar-refractivity contribution in [1.82, 2.24) is 9.97 Å². The van der Waals surface area contributed by atoms with Crippen molar-refractivity contribution < 1.29 is 4.74 Å². The Kier molecular flexibility index (Phi) is 6.04. The van der Waals surface area contributed by atoms with Crippen LogP contribution in [0.25, 0.3) is 0 Å². The molecule has 0 spiro atoms. The SMILES string of the molecule is CCOC1(c2nc(Cl)c(Br)c(C(C)C)n2)CCCCCC1. The summed E-state index contributed by atoms with van der Waals surface area (Å²) in [6, 6.07) is 0. The molecule has 0 bridgehead atoms. The van der Waals surface area contributed by atoms with E-state index in [1.54, 1.807) is 0 Å². The number of rotatable bonds is 4. The highest BCUT2D eigenvalue weighted by molar-refractivity contribution is 9.10. The number of halogens is 2. The van der Waals surface area contributed by atoms with Gasteiger partial charge in [0.15, 0.2) is 5.82 Å². The molecule has 1 fully saturated rings. The van der Waals surface area contributed by atoms with Gasteiger partial charge >= 0.3 is 0 Å². The quantitative estimate of drug-likeness (QED) is 0.507. The number of aromatic nitrogens is 2. The largest absolute Gasteiger partial charge is 0.367 e. The van der Waals surface area contributed by atoms with Crippen molar-refractivity contribution in [1.29, 1.82) is 0 Å². The summed E-state index contributed by atoms with van der Waals surface area (Å²) in [4.78, 5) is 9.38. The Morgan fingerprint density at radius 3 is 2.33 bits per heavy atom. The lowest BCUT2D eigenvalue weighted by Gasteiger charge is -2.32. The second kappa shape index (κ2) is 7.38. The first-order valence-electron chi connectivity index (χ1n) is 7.87. The Labute approximate surface area is 141 Å². The van der Waals surface area contributed by atoms with Crippen molar-refractivity contribution in [3.8, 4) is 0 Å². The van der Waals surface area contributed by atoms with Gasteiger partial charge in [0.1, 0.15) is 10.8 Å². The standard InChI is InChI=1S/C16H24BrClN2O/c1-4-21-16(9-7-5-6-8-10-16)15-19-13(11(2)3)12(17)14(18)20-15/h11H,4-10H2,1-3H3. The van der Waals surface area contributed by atoms with Crippen molar-refractivity contribution in [3.05, 3.63) is 21.1 Å². The summed E-state index contributed by atoms with van der Waals surface area (Å²) in [6.45, 7) is 6.95. The normalized spacial score (nSPS) is 18.8. The minimum atomic E-state index is -0.362. The maximum absolute atomic E-state index is 6.33. The summed E-state index contributed by atoms with van der Waals surface area (Å²) in [6.07, 6.45) is 6.81. The third-order valence-corrected chi connectivity index (χ3v) is 5.41. The smallest absolute Gasteiger partial charge is 0.162 e. The van der Waals surface area contributed by atoms with E-state index in [0.717, 1.165) is 41.7 Å². The van der Waals surface area contributed by atoms with Gasteiger partial charge in [0.2, 0.25) is 0 Å². The first kappa shape index (κ1) is 17.2. The first-order chi connectivity index (χ1) is 10.00. The summed E-state index contributed by atoms with van der Waals surface area (Å²) in [7, 11) is 0. The van der Waals surface area contributed by atoms with Crippen LogP contribution in [0.15, 0.2) is 4.47 Å². The minimum Gasteiger partial charge on any atom is -0.367 e. The zero-order chi connectivity index (χ0) is 15.5. The molecule has 2 rings (SSSR count). The highest BCUT2D eigenvalue weighted by Crippen LogP contribution is 2.40. The van der Waals surface area contributed by atoms with Crippen LogP contribution >= 0.6 is 27.5 Å². The fourth-order valence-electron chi connectivity index (χ4n) is 3.03. The van der Waals surface area contributed by atoms with Gasteiger partial charge in [-0.25, -0.2) is 9.97 Å². The third kappa shape index (κ3) is 3.77. The summed E-state index contributed by atoms with van der Waals surface area (Å²) in [5.41, 5.74) is 0.604. The van der Waals surface area contributed by atoms with E-state index in [0.29, 0.717) is 17.7 Å². The lowest BCUT2D eigenvalue weighted by Crippen LogP contribution is -2.32. The van der Waals surface area contributed by atoms with Crippen molar-refractivity contribution in [2.75, 3.05) is 6.61 Å². The second-order valence-corrected chi connectivity index (χ2v) is 7.18. The molecule has 118 valence electrons. The minimum absolute atomic E-state index is 0.295. The highest BCUT2D eigenvalue weighted by Gasteiger charge is 2.37. The summed E-state index contributed by atoms with van der Waals surface area (Å²) in [5.74, 6) is 1.06. The van der Waals surface area contributed by atoms with Crippen LogP contribution in [-0.4, -0.2) is 16.6 Å². The molecule has 21 heavy (non-hydrogen) atoms. The number of hydrogen-bond acceptors (Lipinski definition) is 3. The molecule has 0 atom stereocenters. The predicted octanol–water partition coefficient (Wildman–Crippen LogP) is 5.60. The molecule has 1 aromatic heterocycles. The summed E-state index contributed by atoms with van der Waals surface area (Å²) >= 11 is 9.84. The lowest BCUT2D eigenvalue weighted by atomic mass is 9.92. The molecular weight excluding hydrogens is 352 g/mol. The van der Waals surface area contributed by atoms with Gasteiger partial charge in [-0.15, -0.1) is 0 Å². The molecule has 3 nitrogen and oxygen atoms in total. The Balaban J connectivity index is 2.49. The van der Waals surface area contributed by atoms with Crippen LogP contribution < -0.4 is 0 Å². The average Bonchev–Trinajstić information content (AvgIpc) is 2.68.